The van der Waals surface area contributed by atoms with Crippen LogP contribution in [0.1, 0.15) is 24.2 Å². The Morgan fingerprint density at radius 1 is 0.829 bits per heavy atom. The van der Waals surface area contributed by atoms with Crippen LogP contribution in [0.3, 0.4) is 0 Å². The molecule has 7 rings (SSSR count). The lowest BCUT2D eigenvalue weighted by molar-refractivity contribution is 0.211. The van der Waals surface area contributed by atoms with Crippen LogP contribution in [-0.2, 0) is 6.54 Å². The fourth-order valence-corrected chi connectivity index (χ4v) is 5.41. The van der Waals surface area contributed by atoms with Gasteiger partial charge in [-0.15, -0.1) is 0 Å². The monoisotopic (exact) mass is 538 g/mol. The number of likely N-dealkylation sites (tertiary alicyclic amines) is 1. The van der Waals surface area contributed by atoms with E-state index in [1.165, 1.54) is 12.0 Å². The first-order valence-corrected chi connectivity index (χ1v) is 13.6. The molecule has 9 heteroatoms. The molecule has 0 unspecified atom stereocenters. The van der Waals surface area contributed by atoms with Crippen LogP contribution >= 0.6 is 0 Å². The first kappa shape index (κ1) is 24.8. The van der Waals surface area contributed by atoms with Crippen molar-refractivity contribution >= 4 is 28.0 Å². The molecule has 9 nitrogen and oxygen atoms in total. The van der Waals surface area contributed by atoms with Gasteiger partial charge in [-0.3, -0.25) is 4.90 Å². The average molecular weight is 539 g/mol. The molecule has 3 aromatic carbocycles. The zero-order valence-electron chi connectivity index (χ0n) is 22.2. The normalized spacial score (nSPS) is 14.3. The number of nitrogens with zero attached hydrogens (tertiary/aromatic N) is 7. The van der Waals surface area contributed by atoms with E-state index in [2.05, 4.69) is 61.6 Å². The Morgan fingerprint density at radius 2 is 1.61 bits per heavy atom. The largest absolute Gasteiger partial charge is 0.443 e. The van der Waals surface area contributed by atoms with Crippen molar-refractivity contribution in [1.29, 1.82) is 5.26 Å². The van der Waals surface area contributed by atoms with E-state index in [-0.39, 0.29) is 5.82 Å². The molecule has 6 aromatic rings. The maximum Gasteiger partial charge on any atom is 0.234 e. The van der Waals surface area contributed by atoms with Crippen molar-refractivity contribution in [2.45, 2.75) is 25.4 Å². The smallest absolute Gasteiger partial charge is 0.234 e. The fraction of sp³-hybridized carbons (Fsp3) is 0.188. The van der Waals surface area contributed by atoms with Crippen LogP contribution in [0.2, 0.25) is 0 Å². The minimum Gasteiger partial charge on any atom is -0.443 e. The van der Waals surface area contributed by atoms with Gasteiger partial charge >= 0.3 is 0 Å². The first-order chi connectivity index (χ1) is 20.2. The number of piperidine rings is 1. The highest BCUT2D eigenvalue weighted by atomic mass is 16.3. The highest BCUT2D eigenvalue weighted by Crippen LogP contribution is 2.33. The van der Waals surface area contributed by atoms with Gasteiger partial charge in [0.2, 0.25) is 5.82 Å². The summed E-state index contributed by atoms with van der Waals surface area (Å²) in [5.41, 5.74) is 7.87. The number of oxazole rings is 1. The Morgan fingerprint density at radius 3 is 2.41 bits per heavy atom. The molecule has 0 aliphatic carbocycles. The molecule has 0 saturated carbocycles. The van der Waals surface area contributed by atoms with Gasteiger partial charge in [-0.1, -0.05) is 54.6 Å². The molecule has 1 saturated heterocycles. The molecular formula is C32H26N8O. The first-order valence-electron chi connectivity index (χ1n) is 13.6. The Bertz CT molecular complexity index is 1870. The molecule has 200 valence electrons. The third-order valence-electron chi connectivity index (χ3n) is 7.51. The summed E-state index contributed by atoms with van der Waals surface area (Å²) < 4.78 is 5.52. The van der Waals surface area contributed by atoms with Gasteiger partial charge in [-0.25, -0.2) is 24.9 Å². The topological polar surface area (TPSA) is 117 Å². The molecule has 0 radical (unpaired) electrons. The number of rotatable bonds is 6. The standard InChI is InChI=1S/C32H26N8O/c33-18-28-34-15-12-27(38-28)36-24-13-16-40(17-14-24)19-21-6-8-23(9-7-21)30-29(22-4-2-1-3-5-22)37-25-10-11-26-32(31(25)39-30)35-20-41-26/h1-12,15,20,24H,13-14,16-17,19H2,(H,34,36,38). The lowest BCUT2D eigenvalue weighted by atomic mass is 10.0. The van der Waals surface area contributed by atoms with Gasteiger partial charge in [-0.05, 0) is 36.6 Å². The highest BCUT2D eigenvalue weighted by Gasteiger charge is 2.20. The summed E-state index contributed by atoms with van der Waals surface area (Å²) in [6.45, 7) is 2.85. The number of hydrogen-bond acceptors (Lipinski definition) is 9. The lowest BCUT2D eigenvalue weighted by Crippen LogP contribution is -2.38. The summed E-state index contributed by atoms with van der Waals surface area (Å²) in [7, 11) is 0. The van der Waals surface area contributed by atoms with E-state index < -0.39 is 0 Å². The van der Waals surface area contributed by atoms with Crippen molar-refractivity contribution in [3.8, 4) is 28.6 Å². The van der Waals surface area contributed by atoms with Gasteiger partial charge in [-0.2, -0.15) is 5.26 Å². The predicted octanol–water partition coefficient (Wildman–Crippen LogP) is 5.84. The molecular weight excluding hydrogens is 512 g/mol. The molecule has 41 heavy (non-hydrogen) atoms. The van der Waals surface area contributed by atoms with Crippen molar-refractivity contribution in [3.05, 3.63) is 96.8 Å². The third kappa shape index (κ3) is 5.09. The van der Waals surface area contributed by atoms with Gasteiger partial charge in [0.25, 0.3) is 0 Å². The van der Waals surface area contributed by atoms with Crippen LogP contribution in [0.25, 0.3) is 44.6 Å². The zero-order valence-corrected chi connectivity index (χ0v) is 22.2. The van der Waals surface area contributed by atoms with Gasteiger partial charge in [0, 0.05) is 43.0 Å². The van der Waals surface area contributed by atoms with E-state index in [1.54, 1.807) is 6.20 Å². The van der Waals surface area contributed by atoms with Crippen molar-refractivity contribution < 1.29 is 4.42 Å². The van der Waals surface area contributed by atoms with Crippen LogP contribution in [0.15, 0.2) is 89.8 Å². The van der Waals surface area contributed by atoms with Gasteiger partial charge < -0.3 is 9.73 Å². The maximum absolute atomic E-state index is 9.04. The van der Waals surface area contributed by atoms with Crippen molar-refractivity contribution in [2.75, 3.05) is 18.4 Å². The molecule has 0 amide bonds. The van der Waals surface area contributed by atoms with Gasteiger partial charge in [0.15, 0.2) is 12.0 Å². The number of benzene rings is 3. The van der Waals surface area contributed by atoms with E-state index >= 15 is 0 Å². The van der Waals surface area contributed by atoms with Crippen LogP contribution in [0.4, 0.5) is 5.82 Å². The summed E-state index contributed by atoms with van der Waals surface area (Å²) in [6, 6.07) is 26.8. The van der Waals surface area contributed by atoms with E-state index in [0.717, 1.165) is 71.5 Å². The SMILES string of the molecule is N#Cc1nccc(NC2CCN(Cc3ccc(-c4nc5c(ccc6ocnc65)nc4-c4ccccc4)cc3)CC2)n1. The van der Waals surface area contributed by atoms with Crippen LogP contribution < -0.4 is 5.32 Å². The predicted molar refractivity (Wildman–Crippen MR) is 157 cm³/mol. The summed E-state index contributed by atoms with van der Waals surface area (Å²) in [4.78, 5) is 25.2. The molecule has 1 fully saturated rings. The Labute approximate surface area is 236 Å². The molecule has 0 bridgehead atoms. The summed E-state index contributed by atoms with van der Waals surface area (Å²) >= 11 is 0. The molecule has 1 aliphatic rings. The molecule has 0 spiro atoms. The minimum absolute atomic E-state index is 0.188. The number of nitrogens with one attached hydrogen (secondary N) is 1. The van der Waals surface area contributed by atoms with Crippen molar-refractivity contribution in [1.82, 2.24) is 29.8 Å². The number of fused-ring (bicyclic) bond motifs is 3. The van der Waals surface area contributed by atoms with Crippen LogP contribution in [0.5, 0.6) is 0 Å². The fourth-order valence-electron chi connectivity index (χ4n) is 5.41. The van der Waals surface area contributed by atoms with Crippen molar-refractivity contribution in [3.63, 3.8) is 0 Å². The quantitative estimate of drug-likeness (QED) is 0.279. The maximum atomic E-state index is 9.04. The molecule has 4 heterocycles. The second-order valence-corrected chi connectivity index (χ2v) is 10.2. The number of aromatic nitrogens is 5. The second kappa shape index (κ2) is 10.8. The van der Waals surface area contributed by atoms with Crippen molar-refractivity contribution in [2.24, 2.45) is 0 Å². The van der Waals surface area contributed by atoms with E-state index in [0.29, 0.717) is 17.4 Å². The summed E-state index contributed by atoms with van der Waals surface area (Å²) in [6.07, 6.45) is 5.08. The van der Waals surface area contributed by atoms with E-state index in [4.69, 9.17) is 19.6 Å². The lowest BCUT2D eigenvalue weighted by Gasteiger charge is -2.32. The summed E-state index contributed by atoms with van der Waals surface area (Å²) in [5, 5.41) is 12.5. The minimum atomic E-state index is 0.188. The molecule has 1 aliphatic heterocycles. The Hall–Kier alpha value is -5.20. The van der Waals surface area contributed by atoms with Crippen LogP contribution in [-0.4, -0.2) is 49.0 Å². The number of nitriles is 1. The molecule has 3 aromatic heterocycles. The average Bonchev–Trinajstić information content (AvgIpc) is 3.52. The highest BCUT2D eigenvalue weighted by molar-refractivity contribution is 6.01. The van der Waals surface area contributed by atoms with E-state index in [1.807, 2.05) is 42.5 Å². The number of hydrogen-bond donors (Lipinski definition) is 1. The van der Waals surface area contributed by atoms with Gasteiger partial charge in [0.05, 0.1) is 16.9 Å². The third-order valence-corrected chi connectivity index (χ3v) is 7.51. The zero-order chi connectivity index (χ0) is 27.6. The molecule has 0 atom stereocenters. The number of anilines is 1. The summed E-state index contributed by atoms with van der Waals surface area (Å²) in [5.74, 6) is 0.898. The Kier molecular flexibility index (Phi) is 6.51. The Balaban J connectivity index is 1.10. The second-order valence-electron chi connectivity index (χ2n) is 10.2. The van der Waals surface area contributed by atoms with E-state index in [9.17, 15) is 0 Å². The van der Waals surface area contributed by atoms with Gasteiger partial charge in [0.1, 0.15) is 22.9 Å². The van der Waals surface area contributed by atoms with Crippen LogP contribution in [0, 0.1) is 11.3 Å². The molecule has 1 N–H and O–H groups in total.